The summed E-state index contributed by atoms with van der Waals surface area (Å²) >= 11 is 0. The monoisotopic (exact) mass is 246 g/mol. The number of anilines is 1. The van der Waals surface area contributed by atoms with Crippen molar-refractivity contribution in [2.45, 2.75) is 45.1 Å². The molecule has 0 aliphatic heterocycles. The zero-order valence-corrected chi connectivity index (χ0v) is 11.5. The van der Waals surface area contributed by atoms with Crippen LogP contribution in [0.1, 0.15) is 39.0 Å². The van der Waals surface area contributed by atoms with Crippen LogP contribution in [0, 0.1) is 5.92 Å². The van der Waals surface area contributed by atoms with Crippen molar-refractivity contribution in [2.75, 3.05) is 18.4 Å². The van der Waals surface area contributed by atoms with Crippen molar-refractivity contribution in [3.8, 4) is 0 Å². The Hall–Kier alpha value is -1.02. The third kappa shape index (κ3) is 4.69. The van der Waals surface area contributed by atoms with Crippen LogP contribution >= 0.6 is 0 Å². The van der Waals surface area contributed by atoms with Gasteiger partial charge in [-0.25, -0.2) is 0 Å². The molecule has 1 aromatic carbocycles. The van der Waals surface area contributed by atoms with Crippen molar-refractivity contribution >= 4 is 5.69 Å². The third-order valence-corrected chi connectivity index (χ3v) is 3.92. The van der Waals surface area contributed by atoms with E-state index in [1.165, 1.54) is 37.8 Å². The standard InChI is InChI=1S/C16H26N2/c1-14-6-5-9-16(11-10-14)18-13-12-17-15-7-3-2-4-8-15/h2-4,7-8,14,16-18H,5-6,9-13H2,1H3. The highest BCUT2D eigenvalue weighted by atomic mass is 15.0. The molecule has 0 spiro atoms. The molecule has 100 valence electrons. The maximum Gasteiger partial charge on any atom is 0.0340 e. The van der Waals surface area contributed by atoms with Gasteiger partial charge in [-0.3, -0.25) is 0 Å². The number of para-hydroxylation sites is 1. The van der Waals surface area contributed by atoms with E-state index in [2.05, 4.69) is 47.9 Å². The van der Waals surface area contributed by atoms with E-state index in [-0.39, 0.29) is 0 Å². The smallest absolute Gasteiger partial charge is 0.0340 e. The largest absolute Gasteiger partial charge is 0.384 e. The van der Waals surface area contributed by atoms with E-state index in [9.17, 15) is 0 Å². The molecule has 2 unspecified atom stereocenters. The summed E-state index contributed by atoms with van der Waals surface area (Å²) in [6.07, 6.45) is 6.91. The van der Waals surface area contributed by atoms with Crippen LogP contribution in [-0.2, 0) is 0 Å². The van der Waals surface area contributed by atoms with Crippen LogP contribution < -0.4 is 10.6 Å². The molecule has 0 aromatic heterocycles. The van der Waals surface area contributed by atoms with Gasteiger partial charge in [0, 0.05) is 24.8 Å². The van der Waals surface area contributed by atoms with E-state index in [0.717, 1.165) is 25.0 Å². The van der Waals surface area contributed by atoms with Crippen molar-refractivity contribution < 1.29 is 0 Å². The van der Waals surface area contributed by atoms with E-state index in [0.29, 0.717) is 0 Å². The Balaban J connectivity index is 1.60. The van der Waals surface area contributed by atoms with Crippen LogP contribution in [0.3, 0.4) is 0 Å². The zero-order chi connectivity index (χ0) is 12.6. The predicted octanol–water partition coefficient (Wildman–Crippen LogP) is 3.66. The van der Waals surface area contributed by atoms with Crippen LogP contribution in [0.5, 0.6) is 0 Å². The van der Waals surface area contributed by atoms with Crippen molar-refractivity contribution in [3.05, 3.63) is 30.3 Å². The number of hydrogen-bond acceptors (Lipinski definition) is 2. The summed E-state index contributed by atoms with van der Waals surface area (Å²) < 4.78 is 0. The van der Waals surface area contributed by atoms with Gasteiger partial charge in [0.05, 0.1) is 0 Å². The summed E-state index contributed by atoms with van der Waals surface area (Å²) in [6, 6.07) is 11.2. The molecule has 2 nitrogen and oxygen atoms in total. The van der Waals surface area contributed by atoms with Gasteiger partial charge in [0.15, 0.2) is 0 Å². The lowest BCUT2D eigenvalue weighted by Gasteiger charge is -2.16. The van der Waals surface area contributed by atoms with Crippen molar-refractivity contribution in [1.29, 1.82) is 0 Å². The number of hydrogen-bond donors (Lipinski definition) is 2. The highest BCUT2D eigenvalue weighted by molar-refractivity contribution is 5.42. The van der Waals surface area contributed by atoms with Crippen LogP contribution in [0.4, 0.5) is 5.69 Å². The van der Waals surface area contributed by atoms with Crippen molar-refractivity contribution in [2.24, 2.45) is 5.92 Å². The molecular formula is C16H26N2. The first-order valence-electron chi connectivity index (χ1n) is 7.37. The number of rotatable bonds is 5. The minimum atomic E-state index is 0.743. The van der Waals surface area contributed by atoms with Crippen LogP contribution in [-0.4, -0.2) is 19.1 Å². The molecule has 1 aromatic rings. The SMILES string of the molecule is CC1CCCC(NCCNc2ccccc2)CC1. The average molecular weight is 246 g/mol. The predicted molar refractivity (Wildman–Crippen MR) is 79.0 cm³/mol. The van der Waals surface area contributed by atoms with Gasteiger partial charge in [-0.15, -0.1) is 0 Å². The fourth-order valence-electron chi connectivity index (χ4n) is 2.73. The summed E-state index contributed by atoms with van der Waals surface area (Å²) in [4.78, 5) is 0. The van der Waals surface area contributed by atoms with Gasteiger partial charge in [-0.05, 0) is 37.3 Å². The maximum atomic E-state index is 3.69. The lowest BCUT2D eigenvalue weighted by Crippen LogP contribution is -2.32. The molecule has 2 heteroatoms. The Labute approximate surface area is 111 Å². The van der Waals surface area contributed by atoms with E-state index in [1.54, 1.807) is 0 Å². The van der Waals surface area contributed by atoms with Gasteiger partial charge < -0.3 is 10.6 Å². The molecular weight excluding hydrogens is 220 g/mol. The summed E-state index contributed by atoms with van der Waals surface area (Å²) in [5.74, 6) is 0.930. The minimum absolute atomic E-state index is 0.743. The van der Waals surface area contributed by atoms with Crippen LogP contribution in [0.2, 0.25) is 0 Å². The molecule has 0 saturated heterocycles. The quantitative estimate of drug-likeness (QED) is 0.612. The van der Waals surface area contributed by atoms with Crippen molar-refractivity contribution in [1.82, 2.24) is 5.32 Å². The molecule has 1 fully saturated rings. The second-order valence-corrected chi connectivity index (χ2v) is 5.56. The van der Waals surface area contributed by atoms with Gasteiger partial charge >= 0.3 is 0 Å². The number of nitrogens with one attached hydrogen (secondary N) is 2. The molecule has 2 N–H and O–H groups in total. The first kappa shape index (κ1) is 13.4. The molecule has 18 heavy (non-hydrogen) atoms. The van der Waals surface area contributed by atoms with E-state index < -0.39 is 0 Å². The Morgan fingerprint density at radius 1 is 1.00 bits per heavy atom. The molecule has 2 atom stereocenters. The van der Waals surface area contributed by atoms with E-state index in [4.69, 9.17) is 0 Å². The first-order valence-corrected chi connectivity index (χ1v) is 7.37. The Morgan fingerprint density at radius 2 is 1.83 bits per heavy atom. The fraction of sp³-hybridized carbons (Fsp3) is 0.625. The zero-order valence-electron chi connectivity index (χ0n) is 11.5. The molecule has 1 aliphatic rings. The molecule has 0 radical (unpaired) electrons. The first-order chi connectivity index (χ1) is 8.84. The molecule has 0 heterocycles. The molecule has 1 aliphatic carbocycles. The van der Waals surface area contributed by atoms with Gasteiger partial charge in [0.25, 0.3) is 0 Å². The topological polar surface area (TPSA) is 24.1 Å². The van der Waals surface area contributed by atoms with Crippen LogP contribution in [0.15, 0.2) is 30.3 Å². The molecule has 0 amide bonds. The summed E-state index contributed by atoms with van der Waals surface area (Å²) in [6.45, 7) is 4.46. The van der Waals surface area contributed by atoms with Gasteiger partial charge in [0.2, 0.25) is 0 Å². The normalized spacial score (nSPS) is 24.5. The molecule has 2 rings (SSSR count). The summed E-state index contributed by atoms with van der Waals surface area (Å²) in [5.41, 5.74) is 1.22. The second-order valence-electron chi connectivity index (χ2n) is 5.56. The van der Waals surface area contributed by atoms with Crippen molar-refractivity contribution in [3.63, 3.8) is 0 Å². The highest BCUT2D eigenvalue weighted by Crippen LogP contribution is 2.22. The Morgan fingerprint density at radius 3 is 2.67 bits per heavy atom. The summed E-state index contributed by atoms with van der Waals surface area (Å²) in [5, 5.41) is 7.14. The fourth-order valence-corrected chi connectivity index (χ4v) is 2.73. The van der Waals surface area contributed by atoms with Gasteiger partial charge in [-0.2, -0.15) is 0 Å². The minimum Gasteiger partial charge on any atom is -0.384 e. The summed E-state index contributed by atoms with van der Waals surface area (Å²) in [7, 11) is 0. The Bertz CT molecular complexity index is 323. The van der Waals surface area contributed by atoms with Gasteiger partial charge in [0.1, 0.15) is 0 Å². The molecule has 1 saturated carbocycles. The third-order valence-electron chi connectivity index (χ3n) is 3.92. The maximum absolute atomic E-state index is 3.69. The Kier molecular flexibility index (Phi) is 5.53. The molecule has 0 bridgehead atoms. The van der Waals surface area contributed by atoms with E-state index in [1.807, 2.05) is 0 Å². The van der Waals surface area contributed by atoms with Crippen LogP contribution in [0.25, 0.3) is 0 Å². The van der Waals surface area contributed by atoms with Gasteiger partial charge in [-0.1, -0.05) is 38.0 Å². The van der Waals surface area contributed by atoms with E-state index >= 15 is 0 Å². The average Bonchev–Trinajstić information content (AvgIpc) is 2.61. The second kappa shape index (κ2) is 7.42. The lowest BCUT2D eigenvalue weighted by atomic mass is 10.0. The number of benzene rings is 1. The lowest BCUT2D eigenvalue weighted by molar-refractivity contribution is 0.455. The highest BCUT2D eigenvalue weighted by Gasteiger charge is 2.14.